The molecule has 1 aliphatic rings. The van der Waals surface area contributed by atoms with Crippen molar-refractivity contribution < 1.29 is 9.59 Å². The zero-order valence-electron chi connectivity index (χ0n) is 14.0. The third-order valence-corrected chi connectivity index (χ3v) is 3.99. The molecular weight excluding hydrogens is 314 g/mol. The number of halogens is 1. The monoisotopic (exact) mass is 339 g/mol. The van der Waals surface area contributed by atoms with Crippen LogP contribution in [0.2, 0.25) is 0 Å². The van der Waals surface area contributed by atoms with E-state index in [0.717, 1.165) is 13.0 Å². The molecule has 0 saturated carbocycles. The van der Waals surface area contributed by atoms with Crippen molar-refractivity contribution in [2.75, 3.05) is 25.0 Å². The van der Waals surface area contributed by atoms with Crippen molar-refractivity contribution in [3.8, 4) is 0 Å². The van der Waals surface area contributed by atoms with Crippen molar-refractivity contribution in [1.29, 1.82) is 0 Å². The minimum Gasteiger partial charge on any atom is -0.338 e. The number of benzene rings is 1. The van der Waals surface area contributed by atoms with E-state index in [2.05, 4.69) is 5.32 Å². The Labute approximate surface area is 144 Å². The highest BCUT2D eigenvalue weighted by molar-refractivity contribution is 6.04. The Balaban J connectivity index is 0.00000264. The highest BCUT2D eigenvalue weighted by Crippen LogP contribution is 2.24. The van der Waals surface area contributed by atoms with Crippen LogP contribution in [0.3, 0.4) is 0 Å². The standard InChI is InChI=1S/C17H25N3O2.ClH/c1-17(2,3)16(22)19-14-7-5-4-6-13(14)15(21)20-9-8-12(10-18)11-20;/h4-7,12H,8-11,18H2,1-3H3,(H,19,22);1H. The zero-order chi connectivity index (χ0) is 16.3. The Bertz CT molecular complexity index is 569. The van der Waals surface area contributed by atoms with Crippen LogP contribution in [-0.2, 0) is 4.79 Å². The number of para-hydroxylation sites is 1. The highest BCUT2D eigenvalue weighted by Gasteiger charge is 2.28. The predicted octanol–water partition coefficient (Wildman–Crippen LogP) is 2.51. The van der Waals surface area contributed by atoms with Gasteiger partial charge in [-0.05, 0) is 31.0 Å². The van der Waals surface area contributed by atoms with Crippen LogP contribution >= 0.6 is 12.4 Å². The molecule has 1 unspecified atom stereocenters. The van der Waals surface area contributed by atoms with Crippen LogP contribution in [0.5, 0.6) is 0 Å². The van der Waals surface area contributed by atoms with E-state index in [4.69, 9.17) is 5.73 Å². The van der Waals surface area contributed by atoms with Crippen LogP contribution in [0, 0.1) is 11.3 Å². The Morgan fingerprint density at radius 1 is 1.30 bits per heavy atom. The first-order chi connectivity index (χ1) is 10.3. The number of hydrogen-bond donors (Lipinski definition) is 2. The average molecular weight is 340 g/mol. The Kier molecular flexibility index (Phi) is 6.59. The second-order valence-electron chi connectivity index (χ2n) is 6.89. The van der Waals surface area contributed by atoms with Gasteiger partial charge in [-0.25, -0.2) is 0 Å². The summed E-state index contributed by atoms with van der Waals surface area (Å²) in [6.45, 7) is 7.56. The van der Waals surface area contributed by atoms with Gasteiger partial charge in [0.15, 0.2) is 0 Å². The molecule has 2 rings (SSSR count). The normalized spacial score (nSPS) is 17.6. The summed E-state index contributed by atoms with van der Waals surface area (Å²) >= 11 is 0. The van der Waals surface area contributed by atoms with E-state index in [1.54, 1.807) is 12.1 Å². The summed E-state index contributed by atoms with van der Waals surface area (Å²) in [5.41, 5.74) is 6.29. The van der Waals surface area contributed by atoms with Gasteiger partial charge >= 0.3 is 0 Å². The fraction of sp³-hybridized carbons (Fsp3) is 0.529. The summed E-state index contributed by atoms with van der Waals surface area (Å²) in [7, 11) is 0. The Morgan fingerprint density at radius 3 is 2.52 bits per heavy atom. The number of rotatable bonds is 3. The number of nitrogens with zero attached hydrogens (tertiary/aromatic N) is 1. The Morgan fingerprint density at radius 2 is 1.96 bits per heavy atom. The lowest BCUT2D eigenvalue weighted by molar-refractivity contribution is -0.123. The van der Waals surface area contributed by atoms with Gasteiger partial charge in [0.25, 0.3) is 5.91 Å². The molecule has 0 bridgehead atoms. The molecule has 3 N–H and O–H groups in total. The van der Waals surface area contributed by atoms with Crippen LogP contribution in [0.15, 0.2) is 24.3 Å². The first-order valence-electron chi connectivity index (χ1n) is 7.72. The number of nitrogens with two attached hydrogens (primary N) is 1. The topological polar surface area (TPSA) is 75.4 Å². The number of amides is 2. The van der Waals surface area contributed by atoms with Crippen molar-refractivity contribution in [3.63, 3.8) is 0 Å². The number of anilines is 1. The number of likely N-dealkylation sites (tertiary alicyclic amines) is 1. The summed E-state index contributed by atoms with van der Waals surface area (Å²) in [4.78, 5) is 26.7. The van der Waals surface area contributed by atoms with Crippen LogP contribution in [-0.4, -0.2) is 36.3 Å². The van der Waals surface area contributed by atoms with Crippen LogP contribution < -0.4 is 11.1 Å². The summed E-state index contributed by atoms with van der Waals surface area (Å²) in [6, 6.07) is 7.17. The maximum absolute atomic E-state index is 12.7. The van der Waals surface area contributed by atoms with E-state index in [1.165, 1.54) is 0 Å². The minimum absolute atomic E-state index is 0. The number of nitrogens with one attached hydrogen (secondary N) is 1. The Hall–Kier alpha value is -1.59. The quantitative estimate of drug-likeness (QED) is 0.888. The van der Waals surface area contributed by atoms with Gasteiger partial charge in [0.1, 0.15) is 0 Å². The molecule has 1 atom stereocenters. The van der Waals surface area contributed by atoms with E-state index in [9.17, 15) is 9.59 Å². The van der Waals surface area contributed by atoms with Gasteiger partial charge in [-0.3, -0.25) is 9.59 Å². The number of carbonyl (C=O) groups excluding carboxylic acids is 2. The average Bonchev–Trinajstić information content (AvgIpc) is 2.95. The SMILES string of the molecule is CC(C)(C)C(=O)Nc1ccccc1C(=O)N1CCC(CN)C1.Cl. The second kappa shape index (κ2) is 7.79. The smallest absolute Gasteiger partial charge is 0.255 e. The number of hydrogen-bond acceptors (Lipinski definition) is 3. The molecular formula is C17H26ClN3O2. The molecule has 1 aromatic carbocycles. The maximum Gasteiger partial charge on any atom is 0.255 e. The van der Waals surface area contributed by atoms with E-state index >= 15 is 0 Å². The molecule has 1 aromatic rings. The van der Waals surface area contributed by atoms with E-state index < -0.39 is 5.41 Å². The molecule has 2 amide bonds. The fourth-order valence-corrected chi connectivity index (χ4v) is 2.47. The van der Waals surface area contributed by atoms with Crippen molar-refractivity contribution in [1.82, 2.24) is 4.90 Å². The third-order valence-electron chi connectivity index (χ3n) is 3.99. The lowest BCUT2D eigenvalue weighted by atomic mass is 9.95. The van der Waals surface area contributed by atoms with Gasteiger partial charge in [0.05, 0.1) is 11.3 Å². The van der Waals surface area contributed by atoms with Gasteiger partial charge in [-0.15, -0.1) is 12.4 Å². The largest absolute Gasteiger partial charge is 0.338 e. The summed E-state index contributed by atoms with van der Waals surface area (Å²) in [6.07, 6.45) is 0.943. The fourth-order valence-electron chi connectivity index (χ4n) is 2.47. The molecule has 0 aromatic heterocycles. The van der Waals surface area contributed by atoms with Gasteiger partial charge in [0.2, 0.25) is 5.91 Å². The van der Waals surface area contributed by atoms with Gasteiger partial charge in [-0.2, -0.15) is 0 Å². The van der Waals surface area contributed by atoms with Crippen LogP contribution in [0.25, 0.3) is 0 Å². The zero-order valence-corrected chi connectivity index (χ0v) is 14.8. The molecule has 0 spiro atoms. The first kappa shape index (κ1) is 19.5. The summed E-state index contributed by atoms with van der Waals surface area (Å²) in [5.74, 6) is 0.232. The van der Waals surface area contributed by atoms with Crippen LogP contribution in [0.1, 0.15) is 37.6 Å². The van der Waals surface area contributed by atoms with Gasteiger partial charge in [0, 0.05) is 18.5 Å². The number of carbonyl (C=O) groups is 2. The molecule has 0 radical (unpaired) electrons. The van der Waals surface area contributed by atoms with Gasteiger partial charge in [-0.1, -0.05) is 32.9 Å². The van der Waals surface area contributed by atoms with Crippen molar-refractivity contribution >= 4 is 29.9 Å². The van der Waals surface area contributed by atoms with Crippen molar-refractivity contribution in [2.24, 2.45) is 17.1 Å². The molecule has 1 aliphatic heterocycles. The van der Waals surface area contributed by atoms with Crippen molar-refractivity contribution in [2.45, 2.75) is 27.2 Å². The van der Waals surface area contributed by atoms with E-state index in [1.807, 2.05) is 37.8 Å². The predicted molar refractivity (Wildman–Crippen MR) is 94.8 cm³/mol. The van der Waals surface area contributed by atoms with Crippen LogP contribution in [0.4, 0.5) is 5.69 Å². The van der Waals surface area contributed by atoms with Gasteiger partial charge < -0.3 is 16.0 Å². The van der Waals surface area contributed by atoms with Crippen molar-refractivity contribution in [3.05, 3.63) is 29.8 Å². The summed E-state index contributed by atoms with van der Waals surface area (Å²) < 4.78 is 0. The lowest BCUT2D eigenvalue weighted by Gasteiger charge is -2.21. The molecule has 23 heavy (non-hydrogen) atoms. The third kappa shape index (κ3) is 4.69. The lowest BCUT2D eigenvalue weighted by Crippen LogP contribution is -2.32. The second-order valence-corrected chi connectivity index (χ2v) is 6.89. The van der Waals surface area contributed by atoms with E-state index in [-0.39, 0.29) is 24.2 Å². The molecule has 5 nitrogen and oxygen atoms in total. The molecule has 6 heteroatoms. The molecule has 128 valence electrons. The summed E-state index contributed by atoms with van der Waals surface area (Å²) in [5, 5.41) is 2.87. The van der Waals surface area contributed by atoms with E-state index in [0.29, 0.717) is 30.3 Å². The minimum atomic E-state index is -0.506. The maximum atomic E-state index is 12.7. The molecule has 1 heterocycles. The first-order valence-corrected chi connectivity index (χ1v) is 7.72. The molecule has 0 aliphatic carbocycles. The molecule has 1 saturated heterocycles. The molecule has 1 fully saturated rings. The highest BCUT2D eigenvalue weighted by atomic mass is 35.5.